The molecular weight excluding hydrogens is 440 g/mol. The fourth-order valence-corrected chi connectivity index (χ4v) is 3.43. The third-order valence-electron chi connectivity index (χ3n) is 5.54. The van der Waals surface area contributed by atoms with Gasteiger partial charge in [-0.1, -0.05) is 26.0 Å². The van der Waals surface area contributed by atoms with Gasteiger partial charge in [-0.05, 0) is 19.3 Å². The third-order valence-corrected chi connectivity index (χ3v) is 5.54. The Labute approximate surface area is 201 Å². The maximum Gasteiger partial charge on any atom is 0.274 e. The SMILES string of the molecule is CC(=O)N1CCN(C(=O)c2cncc(C)n2)C/C=C/COC[C@@H](O)[C@@H](O)[C@H](OCCC(C)C)C1. The predicted molar refractivity (Wildman–Crippen MR) is 126 cm³/mol. The summed E-state index contributed by atoms with van der Waals surface area (Å²) in [7, 11) is 0. The summed E-state index contributed by atoms with van der Waals surface area (Å²) in [5.41, 5.74) is 0.866. The number of aliphatic hydroxyl groups is 2. The molecule has 0 radical (unpaired) electrons. The number of aliphatic hydroxyl groups excluding tert-OH is 2. The number of carbonyl (C=O) groups excluding carboxylic acids is 2. The van der Waals surface area contributed by atoms with E-state index in [0.29, 0.717) is 24.8 Å². The Morgan fingerprint density at radius 2 is 1.94 bits per heavy atom. The molecule has 34 heavy (non-hydrogen) atoms. The van der Waals surface area contributed by atoms with Gasteiger partial charge in [0.05, 0.1) is 25.1 Å². The van der Waals surface area contributed by atoms with E-state index in [0.717, 1.165) is 6.42 Å². The van der Waals surface area contributed by atoms with Crippen LogP contribution in [0.25, 0.3) is 0 Å². The standard InChI is InChI=1S/C24H38N4O6/c1-17(2)7-12-34-22-15-28(19(4)29)10-9-27(24(32)20-14-25-13-18(3)26-20)8-5-6-11-33-16-21(30)23(22)31/h5-6,13-14,17,21-23,30-31H,7-12,15-16H2,1-4H3/b6-5+/t21-,22-,23-/m1/s1. The van der Waals surface area contributed by atoms with Gasteiger partial charge in [0.15, 0.2) is 0 Å². The Balaban J connectivity index is 2.23. The number of nitrogens with zero attached hydrogens (tertiary/aromatic N) is 4. The number of hydrogen-bond donors (Lipinski definition) is 2. The monoisotopic (exact) mass is 478 g/mol. The zero-order valence-corrected chi connectivity index (χ0v) is 20.6. The van der Waals surface area contributed by atoms with E-state index in [2.05, 4.69) is 23.8 Å². The zero-order valence-electron chi connectivity index (χ0n) is 20.6. The highest BCUT2D eigenvalue weighted by Gasteiger charge is 2.30. The van der Waals surface area contributed by atoms with Crippen LogP contribution in [0, 0.1) is 12.8 Å². The molecule has 1 aromatic rings. The topological polar surface area (TPSA) is 125 Å². The molecule has 10 heteroatoms. The molecule has 3 atom stereocenters. The van der Waals surface area contributed by atoms with E-state index in [-0.39, 0.29) is 50.4 Å². The molecule has 0 aromatic carbocycles. The first-order valence-electron chi connectivity index (χ1n) is 11.7. The minimum absolute atomic E-state index is 0.0772. The molecule has 1 aliphatic rings. The minimum Gasteiger partial charge on any atom is -0.388 e. The van der Waals surface area contributed by atoms with Crippen LogP contribution < -0.4 is 0 Å². The molecule has 2 N–H and O–H groups in total. The van der Waals surface area contributed by atoms with Crippen molar-refractivity contribution in [1.29, 1.82) is 0 Å². The Morgan fingerprint density at radius 1 is 1.21 bits per heavy atom. The summed E-state index contributed by atoms with van der Waals surface area (Å²) in [4.78, 5) is 36.9. The van der Waals surface area contributed by atoms with E-state index in [4.69, 9.17) is 9.47 Å². The molecule has 2 rings (SSSR count). The van der Waals surface area contributed by atoms with Crippen LogP contribution in [0.1, 0.15) is 43.4 Å². The van der Waals surface area contributed by atoms with Gasteiger partial charge in [0.25, 0.3) is 5.91 Å². The van der Waals surface area contributed by atoms with Crippen LogP contribution in [-0.2, 0) is 14.3 Å². The van der Waals surface area contributed by atoms with Crippen molar-refractivity contribution in [2.45, 2.75) is 52.4 Å². The Bertz CT molecular complexity index is 818. The van der Waals surface area contributed by atoms with E-state index in [1.807, 2.05) is 0 Å². The third kappa shape index (κ3) is 9.09. The van der Waals surface area contributed by atoms with Crippen molar-refractivity contribution >= 4 is 11.8 Å². The Hall–Kier alpha value is -2.40. The molecule has 0 saturated heterocycles. The van der Waals surface area contributed by atoms with Crippen LogP contribution in [0.3, 0.4) is 0 Å². The first-order chi connectivity index (χ1) is 16.2. The van der Waals surface area contributed by atoms with E-state index < -0.39 is 18.3 Å². The minimum atomic E-state index is -1.23. The normalized spacial score (nSPS) is 24.0. The molecule has 0 spiro atoms. The molecule has 0 aliphatic carbocycles. The molecule has 2 heterocycles. The molecule has 0 unspecified atom stereocenters. The Morgan fingerprint density at radius 3 is 2.62 bits per heavy atom. The second kappa shape index (κ2) is 14.1. The summed E-state index contributed by atoms with van der Waals surface area (Å²) in [6.45, 7) is 8.69. The van der Waals surface area contributed by atoms with Gasteiger partial charge >= 0.3 is 0 Å². The van der Waals surface area contributed by atoms with Crippen molar-refractivity contribution < 1.29 is 29.3 Å². The van der Waals surface area contributed by atoms with Crippen LogP contribution in [-0.4, -0.2) is 106 Å². The molecule has 10 nitrogen and oxygen atoms in total. The lowest BCUT2D eigenvalue weighted by molar-refractivity contribution is -0.139. The van der Waals surface area contributed by atoms with Crippen LogP contribution >= 0.6 is 0 Å². The lowest BCUT2D eigenvalue weighted by atomic mass is 10.1. The Kier molecular flexibility index (Phi) is 11.5. The summed E-state index contributed by atoms with van der Waals surface area (Å²) in [5, 5.41) is 21.1. The van der Waals surface area contributed by atoms with Gasteiger partial charge in [0.1, 0.15) is 24.0 Å². The highest BCUT2D eigenvalue weighted by molar-refractivity contribution is 5.92. The summed E-state index contributed by atoms with van der Waals surface area (Å²) in [5.74, 6) is -0.109. The number of aryl methyl sites for hydroxylation is 1. The van der Waals surface area contributed by atoms with Crippen LogP contribution in [0.4, 0.5) is 0 Å². The predicted octanol–water partition coefficient (Wildman–Crippen LogP) is 0.815. The smallest absolute Gasteiger partial charge is 0.274 e. The van der Waals surface area contributed by atoms with Crippen molar-refractivity contribution in [3.05, 3.63) is 35.9 Å². The second-order valence-electron chi connectivity index (χ2n) is 8.92. The van der Waals surface area contributed by atoms with Gasteiger partial charge in [-0.3, -0.25) is 14.6 Å². The molecule has 1 aliphatic heterocycles. The number of amides is 2. The van der Waals surface area contributed by atoms with Gasteiger partial charge in [-0.15, -0.1) is 0 Å². The van der Waals surface area contributed by atoms with Gasteiger partial charge in [-0.25, -0.2) is 4.98 Å². The molecule has 0 bridgehead atoms. The second-order valence-corrected chi connectivity index (χ2v) is 8.92. The highest BCUT2D eigenvalue weighted by Crippen LogP contribution is 2.12. The maximum atomic E-state index is 13.1. The number of carbonyl (C=O) groups is 2. The summed E-state index contributed by atoms with van der Waals surface area (Å²) in [6, 6.07) is 0. The first kappa shape index (κ1) is 27.8. The number of ether oxygens (including phenoxy) is 2. The van der Waals surface area contributed by atoms with Crippen LogP contribution in [0.15, 0.2) is 24.5 Å². The van der Waals surface area contributed by atoms with E-state index in [1.54, 1.807) is 30.2 Å². The van der Waals surface area contributed by atoms with Crippen molar-refractivity contribution in [1.82, 2.24) is 19.8 Å². The van der Waals surface area contributed by atoms with E-state index in [1.165, 1.54) is 18.0 Å². The molecular formula is C24H38N4O6. The number of hydrogen-bond acceptors (Lipinski definition) is 8. The van der Waals surface area contributed by atoms with Crippen LogP contribution in [0.2, 0.25) is 0 Å². The highest BCUT2D eigenvalue weighted by atomic mass is 16.5. The molecule has 190 valence electrons. The maximum absolute atomic E-state index is 13.1. The van der Waals surface area contributed by atoms with Crippen molar-refractivity contribution in [2.24, 2.45) is 5.92 Å². The fourth-order valence-electron chi connectivity index (χ4n) is 3.43. The van der Waals surface area contributed by atoms with Gasteiger partial charge in [-0.2, -0.15) is 0 Å². The summed E-state index contributed by atoms with van der Waals surface area (Å²) >= 11 is 0. The van der Waals surface area contributed by atoms with Crippen molar-refractivity contribution in [3.8, 4) is 0 Å². The summed E-state index contributed by atoms with van der Waals surface area (Å²) < 4.78 is 11.4. The number of aromatic nitrogens is 2. The molecule has 1 aromatic heterocycles. The molecule has 0 saturated carbocycles. The molecule has 0 fully saturated rings. The number of rotatable bonds is 5. The van der Waals surface area contributed by atoms with Gasteiger partial charge < -0.3 is 29.5 Å². The van der Waals surface area contributed by atoms with Crippen LogP contribution in [0.5, 0.6) is 0 Å². The van der Waals surface area contributed by atoms with E-state index >= 15 is 0 Å². The van der Waals surface area contributed by atoms with Crippen molar-refractivity contribution in [2.75, 3.05) is 46.0 Å². The largest absolute Gasteiger partial charge is 0.388 e. The fraction of sp³-hybridized carbons (Fsp3) is 0.667. The summed E-state index contributed by atoms with van der Waals surface area (Å²) in [6.07, 6.45) is 4.11. The average molecular weight is 479 g/mol. The lowest BCUT2D eigenvalue weighted by Crippen LogP contribution is -2.50. The average Bonchev–Trinajstić information content (AvgIpc) is 2.79. The van der Waals surface area contributed by atoms with E-state index in [9.17, 15) is 19.8 Å². The van der Waals surface area contributed by atoms with Crippen molar-refractivity contribution in [3.63, 3.8) is 0 Å². The lowest BCUT2D eigenvalue weighted by Gasteiger charge is -2.33. The van der Waals surface area contributed by atoms with Gasteiger partial charge in [0, 0.05) is 45.9 Å². The first-order valence-corrected chi connectivity index (χ1v) is 11.7. The zero-order chi connectivity index (χ0) is 25.1. The molecule has 2 amide bonds. The van der Waals surface area contributed by atoms with Gasteiger partial charge in [0.2, 0.25) is 5.91 Å². The quantitative estimate of drug-likeness (QED) is 0.596.